The smallest absolute Gasteiger partial charge is 0.250 e. The van der Waals surface area contributed by atoms with E-state index < -0.39 is 5.82 Å². The summed E-state index contributed by atoms with van der Waals surface area (Å²) in [5, 5.41) is 2.69. The van der Waals surface area contributed by atoms with Crippen LogP contribution >= 0.6 is 27.5 Å². The maximum atomic E-state index is 12.9. The lowest BCUT2D eigenvalue weighted by molar-refractivity contribution is -0.121. The van der Waals surface area contributed by atoms with Gasteiger partial charge in [0.2, 0.25) is 5.91 Å². The highest BCUT2D eigenvalue weighted by molar-refractivity contribution is 9.10. The molecule has 1 amide bonds. The Morgan fingerprint density at radius 1 is 1.59 bits per heavy atom. The van der Waals surface area contributed by atoms with Crippen molar-refractivity contribution in [3.63, 3.8) is 0 Å². The van der Waals surface area contributed by atoms with Gasteiger partial charge in [0.05, 0.1) is 16.8 Å². The van der Waals surface area contributed by atoms with E-state index in [-0.39, 0.29) is 23.6 Å². The molecule has 1 N–H and O–H groups in total. The van der Waals surface area contributed by atoms with E-state index in [1.165, 1.54) is 6.07 Å². The Morgan fingerprint density at radius 3 is 2.76 bits per heavy atom. The third-order valence-electron chi connectivity index (χ3n) is 1.82. The van der Waals surface area contributed by atoms with Gasteiger partial charge < -0.3 is 10.1 Å². The Morgan fingerprint density at radius 2 is 2.24 bits per heavy atom. The summed E-state index contributed by atoms with van der Waals surface area (Å²) >= 11 is 8.94. The van der Waals surface area contributed by atoms with Crippen LogP contribution in [0.15, 0.2) is 16.6 Å². The van der Waals surface area contributed by atoms with Gasteiger partial charge in [0, 0.05) is 4.47 Å². The molecule has 0 saturated carbocycles. The molecule has 1 aromatic rings. The zero-order chi connectivity index (χ0) is 13.0. The average molecular weight is 325 g/mol. The second-order valence-corrected chi connectivity index (χ2v) is 4.91. The van der Waals surface area contributed by atoms with Crippen molar-refractivity contribution < 1.29 is 13.9 Å². The third kappa shape index (κ3) is 4.61. The number of hydrogen-bond acceptors (Lipinski definition) is 2. The molecular weight excluding hydrogens is 312 g/mol. The van der Waals surface area contributed by atoms with E-state index in [4.69, 9.17) is 16.3 Å². The summed E-state index contributed by atoms with van der Waals surface area (Å²) in [4.78, 5) is 11.5. The first kappa shape index (κ1) is 14.4. The molecule has 1 aromatic carbocycles. The first-order valence-electron chi connectivity index (χ1n) is 4.96. The lowest BCUT2D eigenvalue weighted by Crippen LogP contribution is -2.21. The van der Waals surface area contributed by atoms with Crippen LogP contribution in [0.3, 0.4) is 0 Å². The Labute approximate surface area is 112 Å². The number of hydrogen-bond donors (Lipinski definition) is 1. The number of carbonyl (C=O) groups is 1. The Bertz CT molecular complexity index is 403. The van der Waals surface area contributed by atoms with Crippen LogP contribution in [0.2, 0.25) is 5.02 Å². The predicted molar refractivity (Wildman–Crippen MR) is 68.8 cm³/mol. The fourth-order valence-electron chi connectivity index (χ4n) is 1.08. The summed E-state index contributed by atoms with van der Waals surface area (Å²) < 4.78 is 18.5. The molecule has 0 fully saturated rings. The van der Waals surface area contributed by atoms with E-state index in [0.29, 0.717) is 10.2 Å². The molecule has 0 aliphatic heterocycles. The molecule has 0 radical (unpaired) electrons. The second-order valence-electron chi connectivity index (χ2n) is 3.65. The summed E-state index contributed by atoms with van der Waals surface area (Å²) in [6.45, 7) is 3.58. The summed E-state index contributed by atoms with van der Waals surface area (Å²) in [5.74, 6) is -0.814. The third-order valence-corrected chi connectivity index (χ3v) is 2.74. The van der Waals surface area contributed by atoms with Crippen LogP contribution in [0.5, 0.6) is 0 Å². The van der Waals surface area contributed by atoms with Crippen LogP contribution < -0.4 is 5.32 Å². The van der Waals surface area contributed by atoms with Gasteiger partial charge in [-0.05, 0) is 41.9 Å². The summed E-state index contributed by atoms with van der Waals surface area (Å²) in [5.41, 5.74) is 0.338. The summed E-state index contributed by atoms with van der Waals surface area (Å²) in [6.07, 6.45) is -0.0344. The minimum Gasteiger partial charge on any atom is -0.369 e. The molecule has 0 saturated heterocycles. The number of ether oxygens (including phenoxy) is 1. The molecular formula is C11H12BrClFNO2. The average Bonchev–Trinajstić information content (AvgIpc) is 2.20. The van der Waals surface area contributed by atoms with Gasteiger partial charge in [-0.2, -0.15) is 0 Å². The van der Waals surface area contributed by atoms with Gasteiger partial charge >= 0.3 is 0 Å². The highest BCUT2D eigenvalue weighted by atomic mass is 79.9. The molecule has 6 heteroatoms. The minimum absolute atomic E-state index is 0.0344. The molecule has 0 spiro atoms. The molecule has 94 valence electrons. The maximum Gasteiger partial charge on any atom is 0.250 e. The second kappa shape index (κ2) is 6.33. The maximum absolute atomic E-state index is 12.9. The number of benzene rings is 1. The highest BCUT2D eigenvalue weighted by Crippen LogP contribution is 2.31. The fraction of sp³-hybridized carbons (Fsp3) is 0.364. The molecule has 0 aliphatic carbocycles. The highest BCUT2D eigenvalue weighted by Gasteiger charge is 2.11. The minimum atomic E-state index is -0.474. The largest absolute Gasteiger partial charge is 0.369 e. The molecule has 17 heavy (non-hydrogen) atoms. The van der Waals surface area contributed by atoms with Gasteiger partial charge in [0.1, 0.15) is 12.4 Å². The van der Waals surface area contributed by atoms with Crippen molar-refractivity contribution in [2.24, 2.45) is 0 Å². The standard InChI is InChI=1S/C11H12BrClFNO2/c1-6(2)17-5-10(16)15-11-8(12)3-7(14)4-9(11)13/h3-4,6H,5H2,1-2H3,(H,15,16). The van der Waals surface area contributed by atoms with Crippen LogP contribution in [0.25, 0.3) is 0 Å². The number of amides is 1. The number of carbonyl (C=O) groups excluding carboxylic acids is 1. The molecule has 0 aliphatic rings. The molecule has 0 heterocycles. The SMILES string of the molecule is CC(C)OCC(=O)Nc1c(Cl)cc(F)cc1Br. The molecule has 0 atom stereocenters. The van der Waals surface area contributed by atoms with Gasteiger partial charge in [-0.15, -0.1) is 0 Å². The van der Waals surface area contributed by atoms with Crippen LogP contribution in [0.1, 0.15) is 13.8 Å². The van der Waals surface area contributed by atoms with Crippen LogP contribution in [-0.4, -0.2) is 18.6 Å². The van der Waals surface area contributed by atoms with E-state index in [1.54, 1.807) is 0 Å². The molecule has 1 rings (SSSR count). The van der Waals surface area contributed by atoms with E-state index in [2.05, 4.69) is 21.2 Å². The lowest BCUT2D eigenvalue weighted by Gasteiger charge is -2.11. The monoisotopic (exact) mass is 323 g/mol. The normalized spacial score (nSPS) is 10.7. The Kier molecular flexibility index (Phi) is 5.36. The van der Waals surface area contributed by atoms with E-state index in [0.717, 1.165) is 6.07 Å². The quantitative estimate of drug-likeness (QED) is 0.919. The topological polar surface area (TPSA) is 38.3 Å². The molecule has 0 unspecified atom stereocenters. The van der Waals surface area contributed by atoms with Gasteiger partial charge in [-0.1, -0.05) is 11.6 Å². The summed E-state index contributed by atoms with van der Waals surface area (Å²) in [6, 6.07) is 2.36. The fourth-order valence-corrected chi connectivity index (χ4v) is 1.98. The van der Waals surface area contributed by atoms with Crippen molar-refractivity contribution in [3.05, 3.63) is 27.4 Å². The van der Waals surface area contributed by atoms with E-state index in [9.17, 15) is 9.18 Å². The Balaban J connectivity index is 2.72. The molecule has 3 nitrogen and oxygen atoms in total. The predicted octanol–water partition coefficient (Wildman–Crippen LogP) is 3.61. The molecule has 0 bridgehead atoms. The zero-order valence-corrected chi connectivity index (χ0v) is 11.7. The molecule has 0 aromatic heterocycles. The Hall–Kier alpha value is -0.650. The van der Waals surface area contributed by atoms with Crippen molar-refractivity contribution in [2.75, 3.05) is 11.9 Å². The first-order chi connectivity index (χ1) is 7.90. The van der Waals surface area contributed by atoms with Crippen molar-refractivity contribution in [2.45, 2.75) is 20.0 Å². The van der Waals surface area contributed by atoms with Crippen molar-refractivity contribution >= 4 is 39.1 Å². The van der Waals surface area contributed by atoms with E-state index >= 15 is 0 Å². The number of rotatable bonds is 4. The summed E-state index contributed by atoms with van der Waals surface area (Å²) in [7, 11) is 0. The van der Waals surface area contributed by atoms with Gasteiger partial charge in [0.25, 0.3) is 0 Å². The lowest BCUT2D eigenvalue weighted by atomic mass is 10.3. The van der Waals surface area contributed by atoms with Crippen molar-refractivity contribution in [1.29, 1.82) is 0 Å². The van der Waals surface area contributed by atoms with Gasteiger partial charge in [-0.3, -0.25) is 4.79 Å². The number of nitrogens with one attached hydrogen (secondary N) is 1. The van der Waals surface area contributed by atoms with Crippen molar-refractivity contribution in [1.82, 2.24) is 0 Å². The van der Waals surface area contributed by atoms with E-state index in [1.807, 2.05) is 13.8 Å². The number of halogens is 3. The van der Waals surface area contributed by atoms with Crippen LogP contribution in [-0.2, 0) is 9.53 Å². The zero-order valence-electron chi connectivity index (χ0n) is 9.39. The van der Waals surface area contributed by atoms with Gasteiger partial charge in [0.15, 0.2) is 0 Å². The number of anilines is 1. The van der Waals surface area contributed by atoms with Crippen LogP contribution in [0, 0.1) is 5.82 Å². The van der Waals surface area contributed by atoms with Crippen molar-refractivity contribution in [3.8, 4) is 0 Å². The van der Waals surface area contributed by atoms with Gasteiger partial charge in [-0.25, -0.2) is 4.39 Å². The van der Waals surface area contributed by atoms with Crippen LogP contribution in [0.4, 0.5) is 10.1 Å². The first-order valence-corrected chi connectivity index (χ1v) is 6.13.